The Bertz CT molecular complexity index is 398. The molecule has 0 saturated carbocycles. The number of carbonyl (C=O) groups is 2. The maximum absolute atomic E-state index is 11.7. The second-order valence-corrected chi connectivity index (χ2v) is 6.83. The molecular weight excluding hydrogens is 274 g/mol. The van der Waals surface area contributed by atoms with E-state index in [4.69, 9.17) is 0 Å². The van der Waals surface area contributed by atoms with Crippen LogP contribution in [0.25, 0.3) is 0 Å². The standard InChI is InChI=1S/C14H25N3O2S/c1-5-6-7-8-9-10-14(4)17(12(3)19)16-13(20-14)15-11(2)18/h5-10H2,1-4H3,(H,15,16,18)/t14-/m0/s1. The van der Waals surface area contributed by atoms with E-state index in [1.807, 2.05) is 6.92 Å². The van der Waals surface area contributed by atoms with E-state index in [1.54, 1.807) is 0 Å². The van der Waals surface area contributed by atoms with Gasteiger partial charge in [0.1, 0.15) is 4.87 Å². The highest BCUT2D eigenvalue weighted by atomic mass is 32.2. The molecule has 0 aromatic rings. The van der Waals surface area contributed by atoms with E-state index in [0.717, 1.165) is 12.8 Å². The monoisotopic (exact) mass is 299 g/mol. The summed E-state index contributed by atoms with van der Waals surface area (Å²) in [5.41, 5.74) is 0. The molecule has 1 rings (SSSR count). The Morgan fingerprint density at radius 1 is 1.25 bits per heavy atom. The van der Waals surface area contributed by atoms with Crippen molar-refractivity contribution in [3.8, 4) is 0 Å². The quantitative estimate of drug-likeness (QED) is 0.767. The van der Waals surface area contributed by atoms with Crippen molar-refractivity contribution in [2.24, 2.45) is 5.10 Å². The van der Waals surface area contributed by atoms with Gasteiger partial charge < -0.3 is 5.32 Å². The number of amidine groups is 1. The lowest BCUT2D eigenvalue weighted by Crippen LogP contribution is -2.40. The van der Waals surface area contributed by atoms with Crippen molar-refractivity contribution in [1.29, 1.82) is 0 Å². The molecule has 1 atom stereocenters. The van der Waals surface area contributed by atoms with E-state index in [-0.39, 0.29) is 16.7 Å². The molecule has 0 aromatic carbocycles. The minimum Gasteiger partial charge on any atom is -0.304 e. The summed E-state index contributed by atoms with van der Waals surface area (Å²) in [4.78, 5) is 22.5. The van der Waals surface area contributed by atoms with Crippen LogP contribution in [-0.4, -0.2) is 26.9 Å². The molecule has 0 fully saturated rings. The first-order valence-electron chi connectivity index (χ1n) is 7.25. The van der Waals surface area contributed by atoms with Crippen LogP contribution in [0.5, 0.6) is 0 Å². The number of hydrogen-bond acceptors (Lipinski definition) is 4. The highest BCUT2D eigenvalue weighted by molar-refractivity contribution is 8.15. The summed E-state index contributed by atoms with van der Waals surface area (Å²) < 4.78 is 0. The largest absolute Gasteiger partial charge is 0.304 e. The number of thioether (sulfide) groups is 1. The molecule has 1 heterocycles. The van der Waals surface area contributed by atoms with Crippen molar-refractivity contribution in [3.63, 3.8) is 0 Å². The van der Waals surface area contributed by atoms with Crippen LogP contribution in [-0.2, 0) is 9.59 Å². The van der Waals surface area contributed by atoms with Crippen LogP contribution in [0.2, 0.25) is 0 Å². The van der Waals surface area contributed by atoms with Gasteiger partial charge in [0.05, 0.1) is 0 Å². The molecule has 0 unspecified atom stereocenters. The Labute approximate surface area is 125 Å². The van der Waals surface area contributed by atoms with E-state index >= 15 is 0 Å². The van der Waals surface area contributed by atoms with Gasteiger partial charge >= 0.3 is 0 Å². The molecule has 2 amide bonds. The SMILES string of the molecule is CCCCCCC[C@]1(C)SC(NC(C)=O)=NN1C(C)=O. The van der Waals surface area contributed by atoms with Gasteiger partial charge in [0.2, 0.25) is 11.8 Å². The number of hydrazone groups is 1. The predicted molar refractivity (Wildman–Crippen MR) is 83.1 cm³/mol. The van der Waals surface area contributed by atoms with Crippen LogP contribution in [0.1, 0.15) is 66.2 Å². The second kappa shape index (κ2) is 7.67. The van der Waals surface area contributed by atoms with Gasteiger partial charge in [-0.1, -0.05) is 50.8 Å². The second-order valence-electron chi connectivity index (χ2n) is 5.36. The van der Waals surface area contributed by atoms with Crippen molar-refractivity contribution in [2.75, 3.05) is 0 Å². The van der Waals surface area contributed by atoms with Crippen LogP contribution in [0.4, 0.5) is 0 Å². The molecular formula is C14H25N3O2S. The third kappa shape index (κ3) is 4.81. The molecule has 0 spiro atoms. The van der Waals surface area contributed by atoms with Gasteiger partial charge in [-0.05, 0) is 13.3 Å². The predicted octanol–water partition coefficient (Wildman–Crippen LogP) is 3.07. The zero-order valence-electron chi connectivity index (χ0n) is 12.9. The van der Waals surface area contributed by atoms with E-state index < -0.39 is 0 Å². The number of rotatable bonds is 6. The van der Waals surface area contributed by atoms with Crippen LogP contribution >= 0.6 is 11.8 Å². The Morgan fingerprint density at radius 3 is 2.45 bits per heavy atom. The van der Waals surface area contributed by atoms with Gasteiger partial charge in [-0.25, -0.2) is 5.01 Å². The molecule has 1 aliphatic heterocycles. The van der Waals surface area contributed by atoms with E-state index in [2.05, 4.69) is 17.3 Å². The van der Waals surface area contributed by atoms with Crippen molar-refractivity contribution >= 4 is 28.7 Å². The van der Waals surface area contributed by atoms with Gasteiger partial charge in [0, 0.05) is 13.8 Å². The minimum atomic E-state index is -0.379. The first-order chi connectivity index (χ1) is 9.39. The zero-order chi connectivity index (χ0) is 15.2. The highest BCUT2D eigenvalue weighted by Crippen LogP contribution is 2.40. The number of nitrogens with one attached hydrogen (secondary N) is 1. The number of nitrogens with zero attached hydrogens (tertiary/aromatic N) is 2. The summed E-state index contributed by atoms with van der Waals surface area (Å²) in [6.45, 7) is 7.16. The number of amides is 2. The summed E-state index contributed by atoms with van der Waals surface area (Å²) in [7, 11) is 0. The Morgan fingerprint density at radius 2 is 1.90 bits per heavy atom. The third-order valence-electron chi connectivity index (χ3n) is 3.28. The van der Waals surface area contributed by atoms with Gasteiger partial charge in [0.15, 0.2) is 5.17 Å². The minimum absolute atomic E-state index is 0.0890. The molecule has 5 nitrogen and oxygen atoms in total. The van der Waals surface area contributed by atoms with Crippen molar-refractivity contribution in [1.82, 2.24) is 10.3 Å². The first-order valence-corrected chi connectivity index (χ1v) is 8.06. The smallest absolute Gasteiger partial charge is 0.240 e. The van der Waals surface area contributed by atoms with Crippen LogP contribution in [0, 0.1) is 0 Å². The molecule has 0 aliphatic carbocycles. The lowest BCUT2D eigenvalue weighted by Gasteiger charge is -2.30. The van der Waals surface area contributed by atoms with Crippen molar-refractivity contribution < 1.29 is 9.59 Å². The average Bonchev–Trinajstić information content (AvgIpc) is 2.65. The summed E-state index contributed by atoms with van der Waals surface area (Å²) in [5, 5.41) is 8.92. The topological polar surface area (TPSA) is 61.8 Å². The van der Waals surface area contributed by atoms with Crippen LogP contribution < -0.4 is 5.32 Å². The number of unbranched alkanes of at least 4 members (excludes halogenated alkanes) is 4. The van der Waals surface area contributed by atoms with Crippen LogP contribution in [0.15, 0.2) is 5.10 Å². The fraction of sp³-hybridized carbons (Fsp3) is 0.786. The Kier molecular flexibility index (Phi) is 6.52. The van der Waals surface area contributed by atoms with Crippen molar-refractivity contribution in [3.05, 3.63) is 0 Å². The van der Waals surface area contributed by atoms with Gasteiger partial charge in [-0.3, -0.25) is 9.59 Å². The lowest BCUT2D eigenvalue weighted by atomic mass is 10.1. The van der Waals surface area contributed by atoms with E-state index in [0.29, 0.717) is 5.17 Å². The number of hydrogen-bond donors (Lipinski definition) is 1. The Hall–Kier alpha value is -1.04. The first kappa shape index (κ1) is 17.0. The normalized spacial score (nSPS) is 21.8. The molecule has 20 heavy (non-hydrogen) atoms. The van der Waals surface area contributed by atoms with Gasteiger partial charge in [-0.2, -0.15) is 0 Å². The molecule has 0 radical (unpaired) electrons. The Balaban J connectivity index is 2.58. The molecule has 0 bridgehead atoms. The highest BCUT2D eigenvalue weighted by Gasteiger charge is 2.41. The maximum Gasteiger partial charge on any atom is 0.240 e. The molecule has 6 heteroatoms. The van der Waals surface area contributed by atoms with E-state index in [9.17, 15) is 9.59 Å². The average molecular weight is 299 g/mol. The fourth-order valence-electron chi connectivity index (χ4n) is 2.29. The fourth-order valence-corrected chi connectivity index (χ4v) is 3.52. The van der Waals surface area contributed by atoms with Crippen LogP contribution in [0.3, 0.4) is 0 Å². The van der Waals surface area contributed by atoms with Crippen molar-refractivity contribution in [2.45, 2.75) is 71.1 Å². The lowest BCUT2D eigenvalue weighted by molar-refractivity contribution is -0.131. The molecule has 1 N–H and O–H groups in total. The summed E-state index contributed by atoms with van der Waals surface area (Å²) >= 11 is 1.46. The molecule has 114 valence electrons. The zero-order valence-corrected chi connectivity index (χ0v) is 13.7. The number of carbonyl (C=O) groups excluding carboxylic acids is 2. The summed E-state index contributed by atoms with van der Waals surface area (Å²) in [5.74, 6) is -0.249. The molecule has 1 aliphatic rings. The molecule has 0 aromatic heterocycles. The third-order valence-corrected chi connectivity index (χ3v) is 4.47. The summed E-state index contributed by atoms with van der Waals surface area (Å²) in [6, 6.07) is 0. The van der Waals surface area contributed by atoms with Gasteiger partial charge in [-0.15, -0.1) is 5.10 Å². The maximum atomic E-state index is 11.7. The van der Waals surface area contributed by atoms with Gasteiger partial charge in [0.25, 0.3) is 0 Å². The van der Waals surface area contributed by atoms with E-state index in [1.165, 1.54) is 56.3 Å². The summed E-state index contributed by atoms with van der Waals surface area (Å²) in [6.07, 6.45) is 6.83. The molecule has 0 saturated heterocycles.